The zero-order valence-corrected chi connectivity index (χ0v) is 10.7. The third kappa shape index (κ3) is 1.93. The van der Waals surface area contributed by atoms with Crippen molar-refractivity contribution in [3.63, 3.8) is 0 Å². The molecule has 1 aliphatic heterocycles. The minimum absolute atomic E-state index is 0.0547. The molecule has 0 saturated carbocycles. The molecule has 0 aliphatic carbocycles. The molecular formula is C11H14N2O3S. The van der Waals surface area contributed by atoms with Crippen molar-refractivity contribution in [1.82, 2.24) is 4.57 Å². The summed E-state index contributed by atoms with van der Waals surface area (Å²) in [6.07, 6.45) is 0. The minimum atomic E-state index is -0.973. The average Bonchev–Trinajstić information content (AvgIpc) is 2.55. The normalized spacial score (nSPS) is 19.0. The maximum atomic E-state index is 11.6. The molecule has 1 aromatic rings. The van der Waals surface area contributed by atoms with Gasteiger partial charge in [-0.05, 0) is 6.07 Å². The van der Waals surface area contributed by atoms with Crippen molar-refractivity contribution in [2.45, 2.75) is 24.1 Å². The number of carboxylic acid groups (broad SMARTS) is 1. The second kappa shape index (κ2) is 4.10. The Morgan fingerprint density at radius 2 is 2.18 bits per heavy atom. The fraction of sp³-hybridized carbons (Fsp3) is 0.455. The van der Waals surface area contributed by atoms with Crippen LogP contribution < -0.4 is 4.90 Å². The highest BCUT2D eigenvalue weighted by molar-refractivity contribution is 8.00. The molecule has 1 aromatic heterocycles. The minimum Gasteiger partial charge on any atom is -0.477 e. The van der Waals surface area contributed by atoms with Crippen LogP contribution in [-0.2, 0) is 11.8 Å². The lowest BCUT2D eigenvalue weighted by atomic mass is 10.3. The number of amides is 1. The summed E-state index contributed by atoms with van der Waals surface area (Å²) in [6.45, 7) is 4.15. The lowest BCUT2D eigenvalue weighted by molar-refractivity contribution is -0.116. The van der Waals surface area contributed by atoms with Crippen LogP contribution in [0.5, 0.6) is 0 Å². The van der Waals surface area contributed by atoms with E-state index in [1.54, 1.807) is 34.3 Å². The van der Waals surface area contributed by atoms with Crippen LogP contribution in [-0.4, -0.2) is 33.3 Å². The molecule has 17 heavy (non-hydrogen) atoms. The molecule has 2 rings (SSSR count). The third-order valence-electron chi connectivity index (χ3n) is 2.80. The van der Waals surface area contributed by atoms with Gasteiger partial charge in [-0.2, -0.15) is 0 Å². The molecule has 6 heteroatoms. The molecule has 2 heterocycles. The SMILES string of the molecule is CC(=O)N1CC(C)Sc2c1cc(C(=O)O)n2C. The number of nitrogens with zero attached hydrogens (tertiary/aromatic N) is 2. The number of carbonyl (C=O) groups excluding carboxylic acids is 1. The second-order valence-electron chi connectivity index (χ2n) is 4.14. The van der Waals surface area contributed by atoms with E-state index in [1.807, 2.05) is 6.92 Å². The summed E-state index contributed by atoms with van der Waals surface area (Å²) in [5.74, 6) is -1.03. The van der Waals surface area contributed by atoms with Crippen LogP contribution in [0.25, 0.3) is 0 Å². The Hall–Kier alpha value is -1.43. The first kappa shape index (κ1) is 12.0. The number of hydrogen-bond acceptors (Lipinski definition) is 3. The van der Waals surface area contributed by atoms with Crippen LogP contribution in [0.2, 0.25) is 0 Å². The molecule has 0 radical (unpaired) electrons. The highest BCUT2D eigenvalue weighted by atomic mass is 32.2. The van der Waals surface area contributed by atoms with Gasteiger partial charge in [-0.3, -0.25) is 4.79 Å². The van der Waals surface area contributed by atoms with Gasteiger partial charge in [0.15, 0.2) is 0 Å². The smallest absolute Gasteiger partial charge is 0.352 e. The van der Waals surface area contributed by atoms with Crippen molar-refractivity contribution >= 4 is 29.3 Å². The van der Waals surface area contributed by atoms with E-state index in [-0.39, 0.29) is 16.9 Å². The topological polar surface area (TPSA) is 62.5 Å². The van der Waals surface area contributed by atoms with E-state index in [2.05, 4.69) is 0 Å². The van der Waals surface area contributed by atoms with Crippen molar-refractivity contribution in [2.24, 2.45) is 7.05 Å². The van der Waals surface area contributed by atoms with E-state index in [0.29, 0.717) is 12.2 Å². The Morgan fingerprint density at radius 1 is 1.53 bits per heavy atom. The van der Waals surface area contributed by atoms with Gasteiger partial charge in [0.2, 0.25) is 5.91 Å². The standard InChI is InChI=1S/C11H14N2O3S/c1-6-5-13(7(2)14)8-4-9(11(15)16)12(3)10(8)17-6/h4,6H,5H2,1-3H3,(H,15,16). The van der Waals surface area contributed by atoms with Crippen LogP contribution in [0.1, 0.15) is 24.3 Å². The number of hydrogen-bond donors (Lipinski definition) is 1. The number of aromatic nitrogens is 1. The zero-order chi connectivity index (χ0) is 12.7. The summed E-state index contributed by atoms with van der Waals surface area (Å²) >= 11 is 1.60. The Balaban J connectivity index is 2.56. The van der Waals surface area contributed by atoms with E-state index >= 15 is 0 Å². The Morgan fingerprint density at radius 3 is 2.71 bits per heavy atom. The Kier molecular flexibility index (Phi) is 2.91. The average molecular weight is 254 g/mol. The molecule has 1 unspecified atom stereocenters. The molecule has 92 valence electrons. The Labute approximate surface area is 103 Å². The maximum Gasteiger partial charge on any atom is 0.352 e. The van der Waals surface area contributed by atoms with Gasteiger partial charge in [0.05, 0.1) is 10.7 Å². The number of rotatable bonds is 1. The lowest BCUT2D eigenvalue weighted by Gasteiger charge is -2.30. The summed E-state index contributed by atoms with van der Waals surface area (Å²) in [5.41, 5.74) is 0.920. The fourth-order valence-corrected chi connectivity index (χ4v) is 3.14. The predicted molar refractivity (Wildman–Crippen MR) is 65.7 cm³/mol. The number of carboxylic acids is 1. The van der Waals surface area contributed by atoms with Crippen LogP contribution in [0.3, 0.4) is 0 Å². The molecule has 1 aliphatic rings. The molecule has 0 spiro atoms. The van der Waals surface area contributed by atoms with Crippen LogP contribution in [0.15, 0.2) is 11.1 Å². The van der Waals surface area contributed by atoms with Crippen molar-refractivity contribution in [3.05, 3.63) is 11.8 Å². The summed E-state index contributed by atoms with van der Waals surface area (Å²) in [4.78, 5) is 24.3. The molecule has 0 fully saturated rings. The first-order valence-corrected chi connectivity index (χ1v) is 6.17. The molecule has 5 nitrogen and oxygen atoms in total. The Bertz CT molecular complexity index is 495. The van der Waals surface area contributed by atoms with Gasteiger partial charge >= 0.3 is 5.97 Å². The summed E-state index contributed by atoms with van der Waals surface area (Å²) in [5, 5.41) is 10.2. The first-order valence-electron chi connectivity index (χ1n) is 5.29. The first-order chi connectivity index (χ1) is 7.91. The van der Waals surface area contributed by atoms with Crippen LogP contribution in [0.4, 0.5) is 5.69 Å². The quantitative estimate of drug-likeness (QED) is 0.826. The van der Waals surface area contributed by atoms with E-state index in [9.17, 15) is 9.59 Å². The molecular weight excluding hydrogens is 240 g/mol. The number of thioether (sulfide) groups is 1. The van der Waals surface area contributed by atoms with Gasteiger partial charge in [-0.25, -0.2) is 4.79 Å². The van der Waals surface area contributed by atoms with Gasteiger partial charge in [0.25, 0.3) is 0 Å². The van der Waals surface area contributed by atoms with Gasteiger partial charge in [-0.15, -0.1) is 11.8 Å². The van der Waals surface area contributed by atoms with E-state index in [1.165, 1.54) is 6.92 Å². The van der Waals surface area contributed by atoms with E-state index in [0.717, 1.165) is 5.03 Å². The molecule has 0 bridgehead atoms. The van der Waals surface area contributed by atoms with Gasteiger partial charge in [-0.1, -0.05) is 6.92 Å². The van der Waals surface area contributed by atoms with Crippen molar-refractivity contribution in [2.75, 3.05) is 11.4 Å². The number of fused-ring (bicyclic) bond motifs is 1. The monoisotopic (exact) mass is 254 g/mol. The van der Waals surface area contributed by atoms with Crippen molar-refractivity contribution in [1.29, 1.82) is 0 Å². The summed E-state index contributed by atoms with van der Waals surface area (Å²) < 4.78 is 1.63. The van der Waals surface area contributed by atoms with E-state index < -0.39 is 5.97 Å². The van der Waals surface area contributed by atoms with Crippen LogP contribution in [0, 0.1) is 0 Å². The fourth-order valence-electron chi connectivity index (χ4n) is 1.99. The van der Waals surface area contributed by atoms with Gasteiger partial charge < -0.3 is 14.6 Å². The van der Waals surface area contributed by atoms with Crippen molar-refractivity contribution < 1.29 is 14.7 Å². The van der Waals surface area contributed by atoms with Gasteiger partial charge in [0.1, 0.15) is 5.69 Å². The lowest BCUT2D eigenvalue weighted by Crippen LogP contribution is -2.36. The largest absolute Gasteiger partial charge is 0.477 e. The van der Waals surface area contributed by atoms with Gasteiger partial charge in [0, 0.05) is 25.8 Å². The number of carbonyl (C=O) groups is 2. The number of anilines is 1. The second-order valence-corrected chi connectivity index (χ2v) is 5.57. The summed E-state index contributed by atoms with van der Waals surface area (Å²) in [6, 6.07) is 1.57. The molecule has 0 aromatic carbocycles. The van der Waals surface area contributed by atoms with E-state index in [4.69, 9.17) is 5.11 Å². The van der Waals surface area contributed by atoms with Crippen LogP contribution >= 0.6 is 11.8 Å². The maximum absolute atomic E-state index is 11.6. The van der Waals surface area contributed by atoms with Crippen molar-refractivity contribution in [3.8, 4) is 0 Å². The predicted octanol–water partition coefficient (Wildman–Crippen LogP) is 1.57. The molecule has 1 N–H and O–H groups in total. The summed E-state index contributed by atoms with van der Waals surface area (Å²) in [7, 11) is 1.71. The number of aromatic carboxylic acids is 1. The zero-order valence-electron chi connectivity index (χ0n) is 9.93. The highest BCUT2D eigenvalue weighted by Gasteiger charge is 2.30. The third-order valence-corrected chi connectivity index (χ3v) is 4.06. The highest BCUT2D eigenvalue weighted by Crippen LogP contribution is 2.40. The molecule has 1 amide bonds. The molecule has 1 atom stereocenters. The molecule has 0 saturated heterocycles.